The highest BCUT2D eigenvalue weighted by Gasteiger charge is 2.45. The number of carbonyl (C=O) groups excluding carboxylic acids is 2. The zero-order valence-corrected chi connectivity index (χ0v) is 19.2. The van der Waals surface area contributed by atoms with E-state index in [9.17, 15) is 19.1 Å². The van der Waals surface area contributed by atoms with Crippen LogP contribution in [0.15, 0.2) is 54.1 Å². The van der Waals surface area contributed by atoms with Gasteiger partial charge in [-0.1, -0.05) is 31.2 Å². The lowest BCUT2D eigenvalue weighted by molar-refractivity contribution is -0.140. The first-order valence-electron chi connectivity index (χ1n) is 11.2. The Morgan fingerprint density at radius 3 is 2.52 bits per heavy atom. The summed E-state index contributed by atoms with van der Waals surface area (Å²) in [6, 6.07) is 11.5. The third kappa shape index (κ3) is 5.79. The molecule has 0 saturated carbocycles. The Balaban J connectivity index is 2.01. The third-order valence-corrected chi connectivity index (χ3v) is 5.30. The minimum absolute atomic E-state index is 0.0240. The molecule has 33 heavy (non-hydrogen) atoms. The highest BCUT2D eigenvalue weighted by Crippen LogP contribution is 2.39. The van der Waals surface area contributed by atoms with Gasteiger partial charge in [0, 0.05) is 18.7 Å². The van der Waals surface area contributed by atoms with Crippen molar-refractivity contribution in [2.45, 2.75) is 45.8 Å². The SMILES string of the molecule is CCCOc1cccc(/C(O)=C2/C(=O)C(=O)N(CCCOC(C)C)C2c2ccc(F)cc2)c1. The molecule has 1 aliphatic rings. The van der Waals surface area contributed by atoms with Gasteiger partial charge < -0.3 is 19.5 Å². The fourth-order valence-corrected chi connectivity index (χ4v) is 3.76. The molecule has 0 spiro atoms. The Morgan fingerprint density at radius 2 is 1.85 bits per heavy atom. The predicted octanol–water partition coefficient (Wildman–Crippen LogP) is 4.85. The molecular formula is C26H30FNO5. The van der Waals surface area contributed by atoms with Crippen LogP contribution in [0.4, 0.5) is 4.39 Å². The number of benzene rings is 2. The van der Waals surface area contributed by atoms with Gasteiger partial charge in [-0.05, 0) is 56.5 Å². The number of nitrogens with zero attached hydrogens (tertiary/aromatic N) is 1. The summed E-state index contributed by atoms with van der Waals surface area (Å²) in [5.41, 5.74) is 0.890. The first-order chi connectivity index (χ1) is 15.8. The standard InChI is InChI=1S/C26H30FNO5/c1-4-14-33-21-8-5-7-19(16-21)24(29)22-23(18-9-11-20(27)12-10-18)28(26(31)25(22)30)13-6-15-32-17(2)3/h5,7-12,16-17,23,29H,4,6,13-15H2,1-3H3/b24-22-. The zero-order valence-electron chi connectivity index (χ0n) is 19.2. The van der Waals surface area contributed by atoms with Crippen molar-refractivity contribution in [1.82, 2.24) is 4.90 Å². The normalized spacial score (nSPS) is 17.7. The van der Waals surface area contributed by atoms with E-state index in [1.807, 2.05) is 20.8 Å². The van der Waals surface area contributed by atoms with Gasteiger partial charge in [0.05, 0.1) is 24.3 Å². The number of halogens is 1. The van der Waals surface area contributed by atoms with E-state index < -0.39 is 23.5 Å². The highest BCUT2D eigenvalue weighted by molar-refractivity contribution is 6.46. The number of rotatable bonds is 10. The average molecular weight is 456 g/mol. The Bertz CT molecular complexity index is 1020. The number of aliphatic hydroxyl groups is 1. The van der Waals surface area contributed by atoms with E-state index in [0.717, 1.165) is 6.42 Å². The lowest BCUT2D eigenvalue weighted by Crippen LogP contribution is -2.31. The zero-order chi connectivity index (χ0) is 24.0. The Morgan fingerprint density at radius 1 is 1.12 bits per heavy atom. The quantitative estimate of drug-likeness (QED) is 0.240. The number of ether oxygens (including phenoxy) is 2. The Kier molecular flexibility index (Phi) is 8.22. The Hall–Kier alpha value is -3.19. The second-order valence-electron chi connectivity index (χ2n) is 8.19. The molecule has 1 aliphatic heterocycles. The summed E-state index contributed by atoms with van der Waals surface area (Å²) in [6.07, 6.45) is 1.39. The molecule has 0 aromatic heterocycles. The summed E-state index contributed by atoms with van der Waals surface area (Å²) in [4.78, 5) is 27.4. The van der Waals surface area contributed by atoms with Crippen LogP contribution in [-0.2, 0) is 14.3 Å². The number of aliphatic hydroxyl groups excluding tert-OH is 1. The molecule has 1 saturated heterocycles. The van der Waals surface area contributed by atoms with E-state index in [0.29, 0.717) is 36.5 Å². The second kappa shape index (κ2) is 11.1. The van der Waals surface area contributed by atoms with Gasteiger partial charge in [-0.25, -0.2) is 4.39 Å². The summed E-state index contributed by atoms with van der Waals surface area (Å²) >= 11 is 0. The monoisotopic (exact) mass is 455 g/mol. The molecular weight excluding hydrogens is 425 g/mol. The van der Waals surface area contributed by atoms with Gasteiger partial charge in [0.1, 0.15) is 17.3 Å². The topological polar surface area (TPSA) is 76.1 Å². The lowest BCUT2D eigenvalue weighted by Gasteiger charge is -2.25. The summed E-state index contributed by atoms with van der Waals surface area (Å²) < 4.78 is 24.8. The molecule has 1 fully saturated rings. The average Bonchev–Trinajstić information content (AvgIpc) is 3.05. The van der Waals surface area contributed by atoms with Crippen molar-refractivity contribution in [3.8, 4) is 5.75 Å². The minimum atomic E-state index is -0.829. The van der Waals surface area contributed by atoms with Crippen LogP contribution in [-0.4, -0.2) is 47.6 Å². The van der Waals surface area contributed by atoms with Gasteiger partial charge in [0.2, 0.25) is 0 Å². The highest BCUT2D eigenvalue weighted by atomic mass is 19.1. The van der Waals surface area contributed by atoms with E-state index in [-0.39, 0.29) is 24.0 Å². The number of Topliss-reactive ketones (excluding diaryl/α,β-unsaturated/α-hetero) is 1. The van der Waals surface area contributed by atoms with Crippen LogP contribution in [0.2, 0.25) is 0 Å². The number of hydrogen-bond donors (Lipinski definition) is 1. The molecule has 1 atom stereocenters. The molecule has 0 radical (unpaired) electrons. The van der Waals surface area contributed by atoms with Crippen molar-refractivity contribution in [2.24, 2.45) is 0 Å². The van der Waals surface area contributed by atoms with Gasteiger partial charge in [0.15, 0.2) is 0 Å². The number of ketones is 1. The first kappa shape index (κ1) is 24.5. The van der Waals surface area contributed by atoms with Crippen LogP contribution in [0, 0.1) is 5.82 Å². The van der Waals surface area contributed by atoms with Crippen LogP contribution in [0.1, 0.15) is 50.8 Å². The maximum Gasteiger partial charge on any atom is 0.295 e. The van der Waals surface area contributed by atoms with E-state index in [2.05, 4.69) is 0 Å². The molecule has 1 heterocycles. The van der Waals surface area contributed by atoms with Crippen molar-refractivity contribution in [3.05, 3.63) is 71.0 Å². The third-order valence-electron chi connectivity index (χ3n) is 5.30. The molecule has 0 bridgehead atoms. The van der Waals surface area contributed by atoms with E-state index in [1.165, 1.54) is 29.2 Å². The van der Waals surface area contributed by atoms with Crippen molar-refractivity contribution in [1.29, 1.82) is 0 Å². The fourth-order valence-electron chi connectivity index (χ4n) is 3.76. The summed E-state index contributed by atoms with van der Waals surface area (Å²) in [5.74, 6) is -1.63. The van der Waals surface area contributed by atoms with Crippen molar-refractivity contribution < 1.29 is 28.6 Å². The van der Waals surface area contributed by atoms with Gasteiger partial charge in [-0.2, -0.15) is 0 Å². The van der Waals surface area contributed by atoms with Crippen LogP contribution in [0.25, 0.3) is 5.76 Å². The smallest absolute Gasteiger partial charge is 0.295 e. The van der Waals surface area contributed by atoms with Crippen LogP contribution in [0.3, 0.4) is 0 Å². The number of likely N-dealkylation sites (tertiary alicyclic amines) is 1. The lowest BCUT2D eigenvalue weighted by atomic mass is 9.95. The molecule has 1 unspecified atom stereocenters. The summed E-state index contributed by atoms with van der Waals surface area (Å²) in [6.45, 7) is 7.03. The van der Waals surface area contributed by atoms with Crippen molar-refractivity contribution in [3.63, 3.8) is 0 Å². The number of amides is 1. The molecule has 176 valence electrons. The van der Waals surface area contributed by atoms with Gasteiger partial charge in [-0.3, -0.25) is 9.59 Å². The van der Waals surface area contributed by atoms with Crippen LogP contribution in [0.5, 0.6) is 5.75 Å². The largest absolute Gasteiger partial charge is 0.507 e. The van der Waals surface area contributed by atoms with E-state index in [4.69, 9.17) is 9.47 Å². The Labute approximate surface area is 193 Å². The molecule has 0 aliphatic carbocycles. The van der Waals surface area contributed by atoms with Crippen molar-refractivity contribution >= 4 is 17.4 Å². The molecule has 2 aromatic rings. The number of carbonyl (C=O) groups is 2. The van der Waals surface area contributed by atoms with Crippen LogP contribution < -0.4 is 4.74 Å². The van der Waals surface area contributed by atoms with Gasteiger partial charge >= 0.3 is 0 Å². The summed E-state index contributed by atoms with van der Waals surface area (Å²) in [5, 5.41) is 11.1. The summed E-state index contributed by atoms with van der Waals surface area (Å²) in [7, 11) is 0. The molecule has 3 rings (SSSR count). The molecule has 6 nitrogen and oxygen atoms in total. The number of hydrogen-bond acceptors (Lipinski definition) is 5. The predicted molar refractivity (Wildman–Crippen MR) is 123 cm³/mol. The first-order valence-corrected chi connectivity index (χ1v) is 11.2. The minimum Gasteiger partial charge on any atom is -0.507 e. The van der Waals surface area contributed by atoms with Crippen molar-refractivity contribution in [2.75, 3.05) is 19.8 Å². The maximum absolute atomic E-state index is 13.6. The fraction of sp³-hybridized carbons (Fsp3) is 0.385. The second-order valence-corrected chi connectivity index (χ2v) is 8.19. The van der Waals surface area contributed by atoms with Gasteiger partial charge in [0.25, 0.3) is 11.7 Å². The van der Waals surface area contributed by atoms with Crippen LogP contribution >= 0.6 is 0 Å². The van der Waals surface area contributed by atoms with E-state index in [1.54, 1.807) is 24.3 Å². The molecule has 2 aromatic carbocycles. The van der Waals surface area contributed by atoms with E-state index >= 15 is 0 Å². The molecule has 7 heteroatoms. The maximum atomic E-state index is 13.6. The van der Waals surface area contributed by atoms with Gasteiger partial charge in [-0.15, -0.1) is 0 Å². The molecule has 1 N–H and O–H groups in total. The molecule has 1 amide bonds.